The molecular formula is C22H27NO4. The molecule has 1 atom stereocenters. The van der Waals surface area contributed by atoms with Crippen molar-refractivity contribution in [2.75, 3.05) is 5.32 Å². The minimum absolute atomic E-state index is 0.0558. The van der Waals surface area contributed by atoms with Gasteiger partial charge in [-0.05, 0) is 62.6 Å². The van der Waals surface area contributed by atoms with Crippen LogP contribution in [0.15, 0.2) is 48.5 Å². The van der Waals surface area contributed by atoms with Crippen LogP contribution in [0.1, 0.15) is 56.5 Å². The zero-order valence-corrected chi connectivity index (χ0v) is 16.5. The van der Waals surface area contributed by atoms with Crippen LogP contribution in [0.5, 0.6) is 5.75 Å². The van der Waals surface area contributed by atoms with Gasteiger partial charge in [0.25, 0.3) is 5.91 Å². The zero-order chi connectivity index (χ0) is 20.0. The molecule has 1 N–H and O–H groups in total. The lowest BCUT2D eigenvalue weighted by Crippen LogP contribution is -2.30. The summed E-state index contributed by atoms with van der Waals surface area (Å²) in [5.41, 5.74) is 2.13. The molecule has 5 heteroatoms. The Morgan fingerprint density at radius 2 is 1.52 bits per heavy atom. The number of para-hydroxylation sites is 1. The van der Waals surface area contributed by atoms with Crippen molar-refractivity contribution in [3.8, 4) is 5.75 Å². The lowest BCUT2D eigenvalue weighted by atomic mass is 10.0. The third kappa shape index (κ3) is 5.84. The second-order valence-corrected chi connectivity index (χ2v) is 6.97. The molecule has 5 nitrogen and oxygen atoms in total. The van der Waals surface area contributed by atoms with Gasteiger partial charge in [-0.1, -0.05) is 32.0 Å². The minimum atomic E-state index is -0.913. The summed E-state index contributed by atoms with van der Waals surface area (Å²) in [6.07, 6.45) is -0.857. The summed E-state index contributed by atoms with van der Waals surface area (Å²) in [4.78, 5) is 24.7. The van der Waals surface area contributed by atoms with Gasteiger partial charge in [0, 0.05) is 5.69 Å². The summed E-state index contributed by atoms with van der Waals surface area (Å²) < 4.78 is 10.8. The molecule has 27 heavy (non-hydrogen) atoms. The Hall–Kier alpha value is -2.82. The van der Waals surface area contributed by atoms with Crippen molar-refractivity contribution < 1.29 is 19.1 Å². The number of nitrogens with one attached hydrogen (secondary N) is 1. The van der Waals surface area contributed by atoms with Gasteiger partial charge in [0.15, 0.2) is 6.10 Å². The highest BCUT2D eigenvalue weighted by atomic mass is 16.5. The maximum atomic E-state index is 12.4. The topological polar surface area (TPSA) is 64.6 Å². The molecule has 0 unspecified atom stereocenters. The monoisotopic (exact) mass is 369 g/mol. The first-order chi connectivity index (χ1) is 12.8. The van der Waals surface area contributed by atoms with E-state index in [4.69, 9.17) is 9.47 Å². The van der Waals surface area contributed by atoms with Gasteiger partial charge in [-0.25, -0.2) is 4.79 Å². The minimum Gasteiger partial charge on any atom is -0.491 e. The standard InChI is InChI=1S/C22H27NO4/c1-14(2)19-8-6-7-9-20(19)23-21(24)16(5)27-22(25)17-10-12-18(13-11-17)26-15(3)4/h6-16H,1-5H3,(H,23,24)/t16-/m0/s1. The van der Waals surface area contributed by atoms with Crippen LogP contribution < -0.4 is 10.1 Å². The molecule has 0 saturated carbocycles. The van der Waals surface area contributed by atoms with Gasteiger partial charge in [0.1, 0.15) is 5.75 Å². The van der Waals surface area contributed by atoms with E-state index in [-0.39, 0.29) is 17.9 Å². The molecule has 0 saturated heterocycles. The molecular weight excluding hydrogens is 342 g/mol. The molecule has 0 aliphatic heterocycles. The molecule has 0 heterocycles. The first kappa shape index (κ1) is 20.5. The second kappa shape index (κ2) is 9.21. The van der Waals surface area contributed by atoms with Crippen molar-refractivity contribution in [3.05, 3.63) is 59.7 Å². The molecule has 0 bridgehead atoms. The predicted octanol–water partition coefficient (Wildman–Crippen LogP) is 4.78. The highest BCUT2D eigenvalue weighted by Crippen LogP contribution is 2.24. The van der Waals surface area contributed by atoms with Crippen LogP contribution in [0.2, 0.25) is 0 Å². The molecule has 2 rings (SSSR count). The number of amides is 1. The summed E-state index contributed by atoms with van der Waals surface area (Å²) in [5, 5.41) is 2.84. The fraction of sp³-hybridized carbons (Fsp3) is 0.364. The summed E-state index contributed by atoms with van der Waals surface area (Å²) in [6.45, 7) is 9.53. The summed E-state index contributed by atoms with van der Waals surface area (Å²) >= 11 is 0. The average Bonchev–Trinajstić information content (AvgIpc) is 2.61. The lowest BCUT2D eigenvalue weighted by molar-refractivity contribution is -0.123. The Morgan fingerprint density at radius 3 is 2.11 bits per heavy atom. The van der Waals surface area contributed by atoms with Crippen LogP contribution in [0.4, 0.5) is 5.69 Å². The van der Waals surface area contributed by atoms with E-state index in [1.807, 2.05) is 38.1 Å². The van der Waals surface area contributed by atoms with Gasteiger partial charge in [-0.2, -0.15) is 0 Å². The Labute approximate surface area is 160 Å². The van der Waals surface area contributed by atoms with Crippen LogP contribution in [0.3, 0.4) is 0 Å². The summed E-state index contributed by atoms with van der Waals surface area (Å²) in [5.74, 6) is 0.0330. The van der Waals surface area contributed by atoms with E-state index in [2.05, 4.69) is 19.2 Å². The molecule has 2 aromatic carbocycles. The smallest absolute Gasteiger partial charge is 0.338 e. The Kier molecular flexibility index (Phi) is 6.99. The molecule has 2 aromatic rings. The molecule has 0 radical (unpaired) electrons. The first-order valence-corrected chi connectivity index (χ1v) is 9.15. The summed E-state index contributed by atoms with van der Waals surface area (Å²) in [6, 6.07) is 14.3. The van der Waals surface area contributed by atoms with Crippen molar-refractivity contribution >= 4 is 17.6 Å². The van der Waals surface area contributed by atoms with E-state index >= 15 is 0 Å². The van der Waals surface area contributed by atoms with E-state index in [0.717, 1.165) is 11.3 Å². The van der Waals surface area contributed by atoms with Crippen LogP contribution in [-0.4, -0.2) is 24.1 Å². The summed E-state index contributed by atoms with van der Waals surface area (Å²) in [7, 11) is 0. The van der Waals surface area contributed by atoms with E-state index in [9.17, 15) is 9.59 Å². The molecule has 0 aromatic heterocycles. The highest BCUT2D eigenvalue weighted by molar-refractivity contribution is 5.97. The molecule has 1 amide bonds. The number of ether oxygens (including phenoxy) is 2. The van der Waals surface area contributed by atoms with Gasteiger partial charge in [0.05, 0.1) is 11.7 Å². The van der Waals surface area contributed by atoms with E-state index < -0.39 is 12.1 Å². The van der Waals surface area contributed by atoms with Crippen LogP contribution in [0, 0.1) is 0 Å². The SMILES string of the molecule is CC(C)Oc1ccc(C(=O)O[C@@H](C)C(=O)Nc2ccccc2C(C)C)cc1. The number of carbonyl (C=O) groups is 2. The second-order valence-electron chi connectivity index (χ2n) is 6.97. The fourth-order valence-electron chi connectivity index (χ4n) is 2.57. The maximum absolute atomic E-state index is 12.4. The highest BCUT2D eigenvalue weighted by Gasteiger charge is 2.20. The van der Waals surface area contributed by atoms with Crippen molar-refractivity contribution in [1.82, 2.24) is 0 Å². The molecule has 0 aliphatic carbocycles. The lowest BCUT2D eigenvalue weighted by Gasteiger charge is -2.17. The fourth-order valence-corrected chi connectivity index (χ4v) is 2.57. The first-order valence-electron chi connectivity index (χ1n) is 9.15. The largest absolute Gasteiger partial charge is 0.491 e. The quantitative estimate of drug-likeness (QED) is 0.713. The third-order valence-electron chi connectivity index (χ3n) is 3.96. The number of hydrogen-bond donors (Lipinski definition) is 1. The Balaban J connectivity index is 1.98. The molecule has 0 fully saturated rings. The van der Waals surface area contributed by atoms with E-state index in [0.29, 0.717) is 11.3 Å². The van der Waals surface area contributed by atoms with E-state index in [1.54, 1.807) is 31.2 Å². The van der Waals surface area contributed by atoms with E-state index in [1.165, 1.54) is 0 Å². The van der Waals surface area contributed by atoms with Gasteiger partial charge < -0.3 is 14.8 Å². The van der Waals surface area contributed by atoms with Crippen LogP contribution in [0.25, 0.3) is 0 Å². The van der Waals surface area contributed by atoms with Crippen LogP contribution >= 0.6 is 0 Å². The maximum Gasteiger partial charge on any atom is 0.338 e. The number of esters is 1. The van der Waals surface area contributed by atoms with Crippen molar-refractivity contribution in [2.45, 2.75) is 52.7 Å². The molecule has 0 spiro atoms. The number of carbonyl (C=O) groups excluding carboxylic acids is 2. The number of hydrogen-bond acceptors (Lipinski definition) is 4. The van der Waals surface area contributed by atoms with Gasteiger partial charge in [-0.3, -0.25) is 4.79 Å². The average molecular weight is 369 g/mol. The van der Waals surface area contributed by atoms with Gasteiger partial charge >= 0.3 is 5.97 Å². The van der Waals surface area contributed by atoms with Crippen molar-refractivity contribution in [2.24, 2.45) is 0 Å². The normalized spacial score (nSPS) is 12.0. The predicted molar refractivity (Wildman–Crippen MR) is 106 cm³/mol. The number of anilines is 1. The Morgan fingerprint density at radius 1 is 0.889 bits per heavy atom. The third-order valence-corrected chi connectivity index (χ3v) is 3.96. The van der Waals surface area contributed by atoms with Crippen molar-refractivity contribution in [3.63, 3.8) is 0 Å². The Bertz CT molecular complexity index is 781. The van der Waals surface area contributed by atoms with Crippen molar-refractivity contribution in [1.29, 1.82) is 0 Å². The van der Waals surface area contributed by atoms with Gasteiger partial charge in [-0.15, -0.1) is 0 Å². The molecule has 144 valence electrons. The number of benzene rings is 2. The van der Waals surface area contributed by atoms with Gasteiger partial charge in [0.2, 0.25) is 0 Å². The molecule has 0 aliphatic rings. The number of rotatable bonds is 7. The van der Waals surface area contributed by atoms with Crippen LogP contribution in [-0.2, 0) is 9.53 Å². The zero-order valence-electron chi connectivity index (χ0n) is 16.5.